The highest BCUT2D eigenvalue weighted by atomic mass is 32.2. The van der Waals surface area contributed by atoms with Crippen LogP contribution in [0.15, 0.2) is 23.1 Å². The molecule has 0 amide bonds. The number of benzene rings is 1. The van der Waals surface area contributed by atoms with E-state index in [0.717, 1.165) is 24.0 Å². The zero-order valence-corrected chi connectivity index (χ0v) is 8.08. The summed E-state index contributed by atoms with van der Waals surface area (Å²) in [5.74, 6) is 0. The van der Waals surface area contributed by atoms with Crippen molar-refractivity contribution in [2.45, 2.75) is 23.2 Å². The summed E-state index contributed by atoms with van der Waals surface area (Å²) in [6.45, 7) is 0. The first kappa shape index (κ1) is 9.90. The topological polar surface area (TPSA) is 0 Å². The highest BCUT2D eigenvalue weighted by Gasteiger charge is 2.31. The van der Waals surface area contributed by atoms with E-state index in [1.807, 2.05) is 12.5 Å². The molecule has 2 rings (SSSR count). The first-order valence-corrected chi connectivity index (χ1v) is 5.09. The molecule has 0 heterocycles. The van der Waals surface area contributed by atoms with Gasteiger partial charge in [0, 0.05) is 4.90 Å². The quantitative estimate of drug-likeness (QED) is 0.645. The molecule has 0 nitrogen and oxygen atoms in total. The van der Waals surface area contributed by atoms with Crippen LogP contribution in [0.3, 0.4) is 0 Å². The normalized spacial score (nSPS) is 15.6. The minimum absolute atomic E-state index is 0.0139. The van der Waals surface area contributed by atoms with Gasteiger partial charge in [-0.05, 0) is 48.2 Å². The van der Waals surface area contributed by atoms with E-state index in [4.69, 9.17) is 0 Å². The second-order valence-corrected chi connectivity index (χ2v) is 4.22. The van der Waals surface area contributed by atoms with E-state index in [9.17, 15) is 13.2 Å². The molecule has 0 saturated carbocycles. The minimum atomic E-state index is -4.18. The SMILES string of the molecule is FC(F)(F)Sc1cccc2c1CC[CH]2. The molecule has 0 aliphatic heterocycles. The van der Waals surface area contributed by atoms with E-state index < -0.39 is 5.51 Å². The number of hydrogen-bond donors (Lipinski definition) is 0. The van der Waals surface area contributed by atoms with Crippen molar-refractivity contribution in [3.63, 3.8) is 0 Å². The minimum Gasteiger partial charge on any atom is -0.160 e. The van der Waals surface area contributed by atoms with Gasteiger partial charge in [0.2, 0.25) is 0 Å². The molecule has 0 atom stereocenters. The van der Waals surface area contributed by atoms with Crippen molar-refractivity contribution in [3.05, 3.63) is 35.7 Å². The average Bonchev–Trinajstić information content (AvgIpc) is 2.49. The molecule has 0 spiro atoms. The highest BCUT2D eigenvalue weighted by molar-refractivity contribution is 8.00. The Bertz CT molecular complexity index is 344. The molecule has 0 saturated heterocycles. The first-order valence-electron chi connectivity index (χ1n) is 4.27. The van der Waals surface area contributed by atoms with Crippen LogP contribution in [0.2, 0.25) is 0 Å². The summed E-state index contributed by atoms with van der Waals surface area (Å²) in [7, 11) is 0. The third-order valence-electron chi connectivity index (χ3n) is 2.15. The maximum Gasteiger partial charge on any atom is 0.446 e. The largest absolute Gasteiger partial charge is 0.446 e. The van der Waals surface area contributed by atoms with Crippen LogP contribution in [0, 0.1) is 6.42 Å². The van der Waals surface area contributed by atoms with Crippen LogP contribution >= 0.6 is 11.8 Å². The number of thioether (sulfide) groups is 1. The lowest BCUT2D eigenvalue weighted by Gasteiger charge is -2.09. The number of fused-ring (bicyclic) bond motifs is 1. The molecule has 0 bridgehead atoms. The third kappa shape index (κ3) is 2.05. The van der Waals surface area contributed by atoms with Gasteiger partial charge >= 0.3 is 5.51 Å². The molecule has 0 unspecified atom stereocenters. The molecular formula is C10H8F3S. The molecule has 4 heteroatoms. The Balaban J connectivity index is 2.31. The monoisotopic (exact) mass is 217 g/mol. The second kappa shape index (κ2) is 3.50. The molecule has 0 aromatic heterocycles. The Kier molecular flexibility index (Phi) is 2.47. The Hall–Kier alpha value is -0.640. The lowest BCUT2D eigenvalue weighted by atomic mass is 10.1. The van der Waals surface area contributed by atoms with Gasteiger partial charge in [0.1, 0.15) is 0 Å². The van der Waals surface area contributed by atoms with Crippen molar-refractivity contribution in [2.24, 2.45) is 0 Å². The summed E-state index contributed by atoms with van der Waals surface area (Å²) in [6, 6.07) is 5.08. The fraction of sp³-hybridized carbons (Fsp3) is 0.300. The maximum atomic E-state index is 12.2. The van der Waals surface area contributed by atoms with E-state index in [1.165, 1.54) is 6.07 Å². The number of hydrogen-bond acceptors (Lipinski definition) is 1. The Morgan fingerprint density at radius 1 is 1.21 bits per heavy atom. The predicted molar refractivity (Wildman–Crippen MR) is 50.1 cm³/mol. The van der Waals surface area contributed by atoms with Crippen molar-refractivity contribution < 1.29 is 13.2 Å². The van der Waals surface area contributed by atoms with Gasteiger partial charge in [-0.25, -0.2) is 0 Å². The van der Waals surface area contributed by atoms with E-state index >= 15 is 0 Å². The summed E-state index contributed by atoms with van der Waals surface area (Å²) in [6.07, 6.45) is 3.56. The van der Waals surface area contributed by atoms with Gasteiger partial charge in [0.15, 0.2) is 0 Å². The van der Waals surface area contributed by atoms with Crippen LogP contribution in [0.4, 0.5) is 13.2 Å². The third-order valence-corrected chi connectivity index (χ3v) is 2.99. The number of rotatable bonds is 1. The van der Waals surface area contributed by atoms with Crippen molar-refractivity contribution in [3.8, 4) is 0 Å². The summed E-state index contributed by atoms with van der Waals surface area (Å²) >= 11 is -0.0139. The fourth-order valence-electron chi connectivity index (χ4n) is 1.63. The van der Waals surface area contributed by atoms with Gasteiger partial charge in [-0.15, -0.1) is 0 Å². The molecule has 1 aromatic rings. The van der Waals surface area contributed by atoms with Crippen molar-refractivity contribution in [1.29, 1.82) is 0 Å². The molecule has 1 aliphatic rings. The zero-order chi connectivity index (χ0) is 10.2. The molecule has 1 aromatic carbocycles. The summed E-state index contributed by atoms with van der Waals surface area (Å²) in [5, 5.41) is 0. The van der Waals surface area contributed by atoms with E-state index in [1.54, 1.807) is 6.07 Å². The van der Waals surface area contributed by atoms with Gasteiger partial charge in [-0.3, -0.25) is 0 Å². The van der Waals surface area contributed by atoms with Gasteiger partial charge < -0.3 is 0 Å². The average molecular weight is 217 g/mol. The van der Waals surface area contributed by atoms with Crippen LogP contribution in [-0.4, -0.2) is 5.51 Å². The van der Waals surface area contributed by atoms with E-state index in [-0.39, 0.29) is 11.8 Å². The molecular weight excluding hydrogens is 209 g/mol. The number of halogens is 3. The Morgan fingerprint density at radius 2 is 2.00 bits per heavy atom. The van der Waals surface area contributed by atoms with Gasteiger partial charge in [-0.2, -0.15) is 13.2 Å². The standard InChI is InChI=1S/C10H8F3S/c11-10(12,13)14-9-6-2-4-7-3-1-5-8(7)9/h2-4,6H,1,5H2. The molecule has 75 valence electrons. The van der Waals surface area contributed by atoms with Gasteiger partial charge in [-0.1, -0.05) is 12.1 Å². The summed E-state index contributed by atoms with van der Waals surface area (Å²) in [5.41, 5.74) is -2.38. The smallest absolute Gasteiger partial charge is 0.160 e. The van der Waals surface area contributed by atoms with Crippen LogP contribution in [0.5, 0.6) is 0 Å². The summed E-state index contributed by atoms with van der Waals surface area (Å²) in [4.78, 5) is 0.351. The van der Waals surface area contributed by atoms with Crippen LogP contribution < -0.4 is 0 Å². The second-order valence-electron chi connectivity index (χ2n) is 3.11. The van der Waals surface area contributed by atoms with Crippen molar-refractivity contribution in [1.82, 2.24) is 0 Å². The number of alkyl halides is 3. The van der Waals surface area contributed by atoms with Crippen molar-refractivity contribution in [2.75, 3.05) is 0 Å². The Morgan fingerprint density at radius 3 is 2.71 bits per heavy atom. The fourth-order valence-corrected chi connectivity index (χ4v) is 2.37. The van der Waals surface area contributed by atoms with Crippen LogP contribution in [0.25, 0.3) is 0 Å². The first-order chi connectivity index (χ1) is 6.56. The maximum absolute atomic E-state index is 12.2. The lowest BCUT2D eigenvalue weighted by molar-refractivity contribution is -0.0328. The van der Waals surface area contributed by atoms with Crippen molar-refractivity contribution >= 4 is 11.8 Å². The molecule has 0 fully saturated rings. The Labute approximate surface area is 84.5 Å². The molecule has 14 heavy (non-hydrogen) atoms. The van der Waals surface area contributed by atoms with E-state index in [0.29, 0.717) is 4.90 Å². The molecule has 1 aliphatic carbocycles. The van der Waals surface area contributed by atoms with Gasteiger partial charge in [0.25, 0.3) is 0 Å². The van der Waals surface area contributed by atoms with Crippen LogP contribution in [0.1, 0.15) is 17.5 Å². The lowest BCUT2D eigenvalue weighted by Crippen LogP contribution is -2.00. The highest BCUT2D eigenvalue weighted by Crippen LogP contribution is 2.41. The molecule has 0 N–H and O–H groups in total. The van der Waals surface area contributed by atoms with Gasteiger partial charge in [0.05, 0.1) is 0 Å². The van der Waals surface area contributed by atoms with Crippen LogP contribution in [-0.2, 0) is 6.42 Å². The predicted octanol–water partition coefficient (Wildman–Crippen LogP) is 3.80. The molecule has 1 radical (unpaired) electrons. The van der Waals surface area contributed by atoms with E-state index in [2.05, 4.69) is 0 Å². The summed E-state index contributed by atoms with van der Waals surface area (Å²) < 4.78 is 36.5. The zero-order valence-electron chi connectivity index (χ0n) is 7.27.